The Hall–Kier alpha value is -2.67. The molecule has 3 heterocycles. The second-order valence-electron chi connectivity index (χ2n) is 11.2. The van der Waals surface area contributed by atoms with Gasteiger partial charge in [-0.1, -0.05) is 32.0 Å². The second kappa shape index (κ2) is 9.08. The summed E-state index contributed by atoms with van der Waals surface area (Å²) < 4.78 is 40.3. The zero-order valence-electron chi connectivity index (χ0n) is 20.9. The number of amides is 1. The Bertz CT molecular complexity index is 1100. The fourth-order valence-electron chi connectivity index (χ4n) is 5.92. The molecule has 2 bridgehead atoms. The first-order valence-electron chi connectivity index (χ1n) is 12.6. The molecule has 35 heavy (non-hydrogen) atoms. The third-order valence-electron chi connectivity index (χ3n) is 7.68. The third kappa shape index (κ3) is 4.75. The number of carbonyl (C=O) groups excluding carboxylic acids is 1. The molecule has 5 nitrogen and oxygen atoms in total. The van der Waals surface area contributed by atoms with Crippen molar-refractivity contribution in [2.45, 2.75) is 65.2 Å². The van der Waals surface area contributed by atoms with Crippen LogP contribution in [0.1, 0.15) is 57.7 Å². The van der Waals surface area contributed by atoms with E-state index in [0.717, 1.165) is 55.6 Å². The van der Waals surface area contributed by atoms with Crippen LogP contribution in [0.3, 0.4) is 0 Å². The molecule has 1 aliphatic carbocycles. The first kappa shape index (κ1) is 24.0. The van der Waals surface area contributed by atoms with E-state index in [-0.39, 0.29) is 35.5 Å². The number of nitrogens with zero attached hydrogens (tertiary/aromatic N) is 1. The summed E-state index contributed by atoms with van der Waals surface area (Å²) in [6.45, 7) is 10.7. The Morgan fingerprint density at radius 1 is 1.09 bits per heavy atom. The molecule has 188 valence electrons. The monoisotopic (exact) mass is 484 g/mol. The van der Waals surface area contributed by atoms with E-state index in [2.05, 4.69) is 24.1 Å². The molecule has 0 radical (unpaired) electrons. The summed E-state index contributed by atoms with van der Waals surface area (Å²) in [5.74, 6) is -1.33. The molecule has 2 aromatic rings. The van der Waals surface area contributed by atoms with Crippen LogP contribution in [0.4, 0.5) is 13.6 Å². The number of hydrogen-bond acceptors (Lipinski definition) is 4. The van der Waals surface area contributed by atoms with E-state index in [0.29, 0.717) is 11.5 Å². The summed E-state index contributed by atoms with van der Waals surface area (Å²) in [6.07, 6.45) is 2.17. The molecule has 0 saturated carbocycles. The van der Waals surface area contributed by atoms with Crippen LogP contribution in [0.15, 0.2) is 30.3 Å². The number of hydrogen-bond donors (Lipinski definition) is 1. The summed E-state index contributed by atoms with van der Waals surface area (Å²) in [6, 6.07) is 8.19. The lowest BCUT2D eigenvalue weighted by atomic mass is 9.85. The van der Waals surface area contributed by atoms with Crippen LogP contribution < -0.4 is 10.1 Å². The molecular weight excluding hydrogens is 450 g/mol. The molecule has 0 spiro atoms. The highest BCUT2D eigenvalue weighted by atomic mass is 19.1. The molecule has 1 N–H and O–H groups in total. The number of piperidine rings is 3. The van der Waals surface area contributed by atoms with E-state index in [9.17, 15) is 13.6 Å². The maximum atomic E-state index is 14.6. The minimum absolute atomic E-state index is 0.0451. The van der Waals surface area contributed by atoms with Crippen molar-refractivity contribution in [3.8, 4) is 16.9 Å². The summed E-state index contributed by atoms with van der Waals surface area (Å²) in [4.78, 5) is 15.2. The fraction of sp³-hybridized carbons (Fsp3) is 0.536. The second-order valence-corrected chi connectivity index (χ2v) is 11.2. The Morgan fingerprint density at radius 2 is 1.77 bits per heavy atom. The minimum atomic E-state index is -0.718. The quantitative estimate of drug-likeness (QED) is 0.577. The average Bonchev–Trinajstić information content (AvgIpc) is 3.05. The minimum Gasteiger partial charge on any atom is -0.485 e. The van der Waals surface area contributed by atoms with E-state index in [1.165, 1.54) is 12.1 Å². The molecule has 3 saturated heterocycles. The van der Waals surface area contributed by atoms with Crippen molar-refractivity contribution in [1.29, 1.82) is 0 Å². The lowest BCUT2D eigenvalue weighted by Gasteiger charge is -2.44. The molecule has 1 amide bonds. The topological polar surface area (TPSA) is 50.8 Å². The first-order valence-corrected chi connectivity index (χ1v) is 12.6. The predicted molar refractivity (Wildman–Crippen MR) is 130 cm³/mol. The van der Waals surface area contributed by atoms with Crippen LogP contribution in [-0.2, 0) is 11.2 Å². The van der Waals surface area contributed by atoms with E-state index in [1.54, 1.807) is 13.8 Å². The third-order valence-corrected chi connectivity index (χ3v) is 7.68. The highest BCUT2D eigenvalue weighted by Crippen LogP contribution is 2.46. The van der Waals surface area contributed by atoms with Gasteiger partial charge >= 0.3 is 6.09 Å². The van der Waals surface area contributed by atoms with Crippen LogP contribution in [0, 0.1) is 23.0 Å². The number of rotatable bonds is 5. The van der Waals surface area contributed by atoms with Crippen molar-refractivity contribution in [1.82, 2.24) is 10.2 Å². The van der Waals surface area contributed by atoms with Crippen LogP contribution in [-0.4, -0.2) is 42.8 Å². The predicted octanol–water partition coefficient (Wildman–Crippen LogP) is 5.86. The molecule has 0 unspecified atom stereocenters. The Balaban J connectivity index is 1.34. The highest BCUT2D eigenvalue weighted by Gasteiger charge is 2.42. The van der Waals surface area contributed by atoms with Crippen molar-refractivity contribution in [3.63, 3.8) is 0 Å². The van der Waals surface area contributed by atoms with Crippen molar-refractivity contribution >= 4 is 6.09 Å². The van der Waals surface area contributed by atoms with Crippen molar-refractivity contribution in [3.05, 3.63) is 53.1 Å². The number of carbonyl (C=O) groups is 1. The summed E-state index contributed by atoms with van der Waals surface area (Å²) in [7, 11) is 0. The van der Waals surface area contributed by atoms with E-state index in [1.807, 2.05) is 18.2 Å². The van der Waals surface area contributed by atoms with Gasteiger partial charge in [-0.3, -0.25) is 4.90 Å². The van der Waals surface area contributed by atoms with Crippen molar-refractivity contribution < 1.29 is 23.0 Å². The van der Waals surface area contributed by atoms with Gasteiger partial charge in [-0.2, -0.15) is 0 Å². The number of fused-ring (bicyclic) bond motifs is 4. The number of alkyl carbamates (subject to hydrolysis) is 1. The smallest absolute Gasteiger partial charge is 0.407 e. The standard InChI is InChI=1S/C28H34F2N2O3/c1-16(2)34-25-22(29)12-19(13-23(25)30)18-5-6-21-20(11-18)14-28(3,4)26(21)31-27(33)35-24-15-32-9-7-17(24)8-10-32/h5-6,11-13,16-17,24,26H,7-10,14-15H2,1-4H3,(H,31,33)/t24-,26+/m1/s1. The van der Waals surface area contributed by atoms with Crippen LogP contribution >= 0.6 is 0 Å². The summed E-state index contributed by atoms with van der Waals surface area (Å²) in [5, 5.41) is 3.12. The summed E-state index contributed by atoms with van der Waals surface area (Å²) >= 11 is 0. The van der Waals surface area contributed by atoms with E-state index >= 15 is 0 Å². The molecule has 2 atom stereocenters. The molecule has 0 aromatic heterocycles. The molecule has 3 fully saturated rings. The van der Waals surface area contributed by atoms with Gasteiger partial charge in [-0.25, -0.2) is 13.6 Å². The van der Waals surface area contributed by atoms with Gasteiger partial charge in [0.2, 0.25) is 0 Å². The Labute approximate surface area is 205 Å². The Kier molecular flexibility index (Phi) is 6.24. The molecular formula is C28H34F2N2O3. The number of nitrogens with one attached hydrogen (secondary N) is 1. The maximum Gasteiger partial charge on any atom is 0.407 e. The molecule has 4 aliphatic rings. The lowest BCUT2D eigenvalue weighted by molar-refractivity contribution is -0.0348. The number of halogens is 2. The first-order chi connectivity index (χ1) is 16.6. The largest absolute Gasteiger partial charge is 0.485 e. The van der Waals surface area contributed by atoms with E-state index in [4.69, 9.17) is 9.47 Å². The Morgan fingerprint density at radius 3 is 2.37 bits per heavy atom. The average molecular weight is 485 g/mol. The van der Waals surface area contributed by atoms with Crippen LogP contribution in [0.2, 0.25) is 0 Å². The zero-order chi connectivity index (χ0) is 24.9. The van der Waals surface area contributed by atoms with Crippen molar-refractivity contribution in [2.75, 3.05) is 19.6 Å². The van der Waals surface area contributed by atoms with E-state index < -0.39 is 11.6 Å². The molecule has 6 rings (SSSR count). The molecule has 3 aliphatic heterocycles. The van der Waals surface area contributed by atoms with Gasteiger partial charge in [0.1, 0.15) is 6.10 Å². The number of ether oxygens (including phenoxy) is 2. The highest BCUT2D eigenvalue weighted by molar-refractivity contribution is 5.70. The van der Waals surface area contributed by atoms with Gasteiger partial charge in [-0.15, -0.1) is 0 Å². The van der Waals surface area contributed by atoms with Gasteiger partial charge in [0.15, 0.2) is 17.4 Å². The zero-order valence-corrected chi connectivity index (χ0v) is 20.9. The molecule has 2 aromatic carbocycles. The SMILES string of the molecule is CC(C)Oc1c(F)cc(-c2ccc3c(c2)CC(C)(C)[C@H]3NC(=O)O[C@@H]2CN3CCC2CC3)cc1F. The normalized spacial score (nSPS) is 26.5. The number of benzene rings is 2. The van der Waals surface area contributed by atoms with Crippen LogP contribution in [0.25, 0.3) is 11.1 Å². The maximum absolute atomic E-state index is 14.6. The van der Waals surface area contributed by atoms with Crippen LogP contribution in [0.5, 0.6) is 5.75 Å². The van der Waals surface area contributed by atoms with Gasteiger partial charge in [-0.05, 0) is 91.9 Å². The van der Waals surface area contributed by atoms with Gasteiger partial charge in [0.25, 0.3) is 0 Å². The van der Waals surface area contributed by atoms with Gasteiger partial charge < -0.3 is 14.8 Å². The summed E-state index contributed by atoms with van der Waals surface area (Å²) in [5.41, 5.74) is 3.04. The van der Waals surface area contributed by atoms with Gasteiger partial charge in [0.05, 0.1) is 12.1 Å². The lowest BCUT2D eigenvalue weighted by Crippen LogP contribution is -2.53. The van der Waals surface area contributed by atoms with Crippen molar-refractivity contribution in [2.24, 2.45) is 11.3 Å². The fourth-order valence-corrected chi connectivity index (χ4v) is 5.92. The molecule has 7 heteroatoms. The van der Waals surface area contributed by atoms with Gasteiger partial charge in [0, 0.05) is 6.54 Å².